The Kier molecular flexibility index (Phi) is 4.54. The fourth-order valence-electron chi connectivity index (χ4n) is 1.73. The number of carbonyl (C=O) groups is 1. The van der Waals surface area contributed by atoms with Gasteiger partial charge in [0.05, 0.1) is 22.8 Å². The van der Waals surface area contributed by atoms with E-state index in [-0.39, 0.29) is 23.8 Å². The van der Waals surface area contributed by atoms with E-state index < -0.39 is 0 Å². The van der Waals surface area contributed by atoms with Gasteiger partial charge >= 0.3 is 0 Å². The van der Waals surface area contributed by atoms with Gasteiger partial charge in [0.25, 0.3) is 0 Å². The standard InChI is InChI=1S/C14H15N3O3S/c1-8(12-4-3-11(18)6-13(12)19)16-17-14(20)5-10-7-21-9(2)15-10/h3-4,6-7,18-19H,5H2,1-2H3,(H,17,20)/b16-8+. The average Bonchev–Trinajstić information content (AvgIpc) is 2.81. The molecule has 0 radical (unpaired) electrons. The first-order valence-corrected chi connectivity index (χ1v) is 7.10. The van der Waals surface area contributed by atoms with Crippen molar-refractivity contribution in [1.29, 1.82) is 0 Å². The van der Waals surface area contributed by atoms with Gasteiger partial charge < -0.3 is 10.2 Å². The lowest BCUT2D eigenvalue weighted by atomic mass is 10.1. The Bertz CT molecular complexity index is 695. The fraction of sp³-hybridized carbons (Fsp3) is 0.214. The molecule has 2 rings (SSSR count). The van der Waals surface area contributed by atoms with Crippen LogP contribution in [-0.2, 0) is 11.2 Å². The molecule has 3 N–H and O–H groups in total. The Labute approximate surface area is 125 Å². The molecule has 0 atom stereocenters. The normalized spacial score (nSPS) is 11.4. The molecule has 1 amide bonds. The molecule has 0 spiro atoms. The fourth-order valence-corrected chi connectivity index (χ4v) is 2.34. The van der Waals surface area contributed by atoms with Crippen LogP contribution in [0.25, 0.3) is 0 Å². The van der Waals surface area contributed by atoms with Crippen molar-refractivity contribution in [3.8, 4) is 11.5 Å². The van der Waals surface area contributed by atoms with Gasteiger partial charge in [0.1, 0.15) is 11.5 Å². The van der Waals surface area contributed by atoms with E-state index in [0.29, 0.717) is 17.0 Å². The largest absolute Gasteiger partial charge is 0.508 e. The van der Waals surface area contributed by atoms with Gasteiger partial charge in [-0.05, 0) is 26.0 Å². The number of carbonyl (C=O) groups excluding carboxylic acids is 1. The van der Waals surface area contributed by atoms with Crippen LogP contribution in [0.1, 0.15) is 23.2 Å². The van der Waals surface area contributed by atoms with E-state index in [0.717, 1.165) is 5.01 Å². The number of benzene rings is 1. The van der Waals surface area contributed by atoms with E-state index in [1.807, 2.05) is 12.3 Å². The lowest BCUT2D eigenvalue weighted by molar-refractivity contribution is -0.120. The third-order valence-corrected chi connectivity index (χ3v) is 3.55. The molecule has 1 aromatic heterocycles. The predicted molar refractivity (Wildman–Crippen MR) is 80.7 cm³/mol. The minimum absolute atomic E-state index is 0.0352. The van der Waals surface area contributed by atoms with Crippen LogP contribution < -0.4 is 5.43 Å². The Morgan fingerprint density at radius 1 is 1.43 bits per heavy atom. The molecule has 1 aromatic carbocycles. The van der Waals surface area contributed by atoms with Crippen LogP contribution in [0.15, 0.2) is 28.7 Å². The molecular weight excluding hydrogens is 290 g/mol. The van der Waals surface area contributed by atoms with Gasteiger partial charge in [0.15, 0.2) is 0 Å². The topological polar surface area (TPSA) is 94.8 Å². The zero-order chi connectivity index (χ0) is 15.4. The highest BCUT2D eigenvalue weighted by atomic mass is 32.1. The van der Waals surface area contributed by atoms with Crippen molar-refractivity contribution < 1.29 is 15.0 Å². The van der Waals surface area contributed by atoms with Gasteiger partial charge in [0, 0.05) is 17.0 Å². The number of phenols is 2. The Hall–Kier alpha value is -2.41. The number of hydrogen-bond acceptors (Lipinski definition) is 6. The van der Waals surface area contributed by atoms with E-state index in [2.05, 4.69) is 15.5 Å². The Balaban J connectivity index is 2.01. The third-order valence-electron chi connectivity index (χ3n) is 2.73. The first-order valence-electron chi connectivity index (χ1n) is 6.22. The van der Waals surface area contributed by atoms with E-state index >= 15 is 0 Å². The number of thiazole rings is 1. The molecule has 0 saturated carbocycles. The molecule has 1 heterocycles. The molecule has 0 unspecified atom stereocenters. The second-order valence-corrected chi connectivity index (χ2v) is 5.53. The second-order valence-electron chi connectivity index (χ2n) is 4.47. The van der Waals surface area contributed by atoms with Crippen molar-refractivity contribution in [2.24, 2.45) is 5.10 Å². The minimum Gasteiger partial charge on any atom is -0.508 e. The van der Waals surface area contributed by atoms with Crippen molar-refractivity contribution in [3.05, 3.63) is 39.8 Å². The molecule has 0 aliphatic carbocycles. The number of aryl methyl sites for hydroxylation is 1. The van der Waals surface area contributed by atoms with E-state index in [1.54, 1.807) is 6.92 Å². The lowest BCUT2D eigenvalue weighted by Gasteiger charge is -2.05. The van der Waals surface area contributed by atoms with Crippen LogP contribution in [0.4, 0.5) is 0 Å². The van der Waals surface area contributed by atoms with E-state index in [9.17, 15) is 15.0 Å². The summed E-state index contributed by atoms with van der Waals surface area (Å²) in [7, 11) is 0. The van der Waals surface area contributed by atoms with E-state index in [1.165, 1.54) is 29.5 Å². The molecule has 0 saturated heterocycles. The molecule has 21 heavy (non-hydrogen) atoms. The molecule has 7 heteroatoms. The number of phenolic OH excluding ortho intramolecular Hbond substituents is 2. The summed E-state index contributed by atoms with van der Waals surface area (Å²) in [6.07, 6.45) is 0.155. The summed E-state index contributed by atoms with van der Waals surface area (Å²) in [5, 5.41) is 25.6. The minimum atomic E-state index is -0.280. The number of rotatable bonds is 4. The maximum atomic E-state index is 11.7. The first kappa shape index (κ1) is 15.0. The summed E-state index contributed by atoms with van der Waals surface area (Å²) in [6.45, 7) is 3.53. The van der Waals surface area contributed by atoms with Crippen LogP contribution in [0.2, 0.25) is 0 Å². The summed E-state index contributed by atoms with van der Waals surface area (Å²) in [5.41, 5.74) is 4.01. The van der Waals surface area contributed by atoms with E-state index in [4.69, 9.17) is 0 Å². The highest BCUT2D eigenvalue weighted by Gasteiger charge is 2.08. The molecular formula is C14H15N3O3S. The number of nitrogens with zero attached hydrogens (tertiary/aromatic N) is 2. The summed E-state index contributed by atoms with van der Waals surface area (Å²) in [5.74, 6) is -0.412. The van der Waals surface area contributed by atoms with Crippen LogP contribution in [0, 0.1) is 6.92 Å². The van der Waals surface area contributed by atoms with Crippen molar-refractivity contribution >= 4 is 23.0 Å². The number of nitrogens with one attached hydrogen (secondary N) is 1. The molecule has 6 nitrogen and oxygen atoms in total. The maximum Gasteiger partial charge on any atom is 0.246 e. The van der Waals surface area contributed by atoms with Crippen molar-refractivity contribution in [2.75, 3.05) is 0 Å². The summed E-state index contributed by atoms with van der Waals surface area (Å²) in [6, 6.07) is 4.18. The van der Waals surface area contributed by atoms with Gasteiger partial charge in [-0.2, -0.15) is 5.10 Å². The number of aromatic nitrogens is 1. The molecule has 0 fully saturated rings. The third kappa shape index (κ3) is 4.03. The van der Waals surface area contributed by atoms with Crippen LogP contribution in [0.3, 0.4) is 0 Å². The number of hydrazone groups is 1. The SMILES string of the molecule is C/C(=N\NC(=O)Cc1csc(C)n1)c1ccc(O)cc1O. The highest BCUT2D eigenvalue weighted by molar-refractivity contribution is 7.09. The second kappa shape index (κ2) is 6.36. The molecule has 110 valence electrons. The van der Waals surface area contributed by atoms with Crippen molar-refractivity contribution in [2.45, 2.75) is 20.3 Å². The quantitative estimate of drug-likeness (QED) is 0.594. The number of amides is 1. The zero-order valence-electron chi connectivity index (χ0n) is 11.6. The van der Waals surface area contributed by atoms with Crippen LogP contribution in [0.5, 0.6) is 11.5 Å². The van der Waals surface area contributed by atoms with Gasteiger partial charge in [-0.25, -0.2) is 10.4 Å². The van der Waals surface area contributed by atoms with Gasteiger partial charge in [-0.3, -0.25) is 4.79 Å². The Morgan fingerprint density at radius 3 is 2.81 bits per heavy atom. The highest BCUT2D eigenvalue weighted by Crippen LogP contribution is 2.22. The smallest absolute Gasteiger partial charge is 0.246 e. The summed E-state index contributed by atoms with van der Waals surface area (Å²) >= 11 is 1.49. The average molecular weight is 305 g/mol. The molecule has 2 aromatic rings. The Morgan fingerprint density at radius 2 is 2.19 bits per heavy atom. The molecule has 0 aliphatic rings. The lowest BCUT2D eigenvalue weighted by Crippen LogP contribution is -2.21. The number of aromatic hydroxyl groups is 2. The van der Waals surface area contributed by atoms with Crippen LogP contribution >= 0.6 is 11.3 Å². The van der Waals surface area contributed by atoms with Crippen LogP contribution in [-0.4, -0.2) is 26.8 Å². The zero-order valence-corrected chi connectivity index (χ0v) is 12.4. The first-order chi connectivity index (χ1) is 9.95. The van der Waals surface area contributed by atoms with Crippen molar-refractivity contribution in [1.82, 2.24) is 10.4 Å². The van der Waals surface area contributed by atoms with Gasteiger partial charge in [0.2, 0.25) is 5.91 Å². The van der Waals surface area contributed by atoms with Gasteiger partial charge in [-0.15, -0.1) is 11.3 Å². The monoisotopic (exact) mass is 305 g/mol. The summed E-state index contributed by atoms with van der Waals surface area (Å²) in [4.78, 5) is 15.9. The molecule has 0 bridgehead atoms. The van der Waals surface area contributed by atoms with Gasteiger partial charge in [-0.1, -0.05) is 0 Å². The predicted octanol–water partition coefficient (Wildman–Crippen LogP) is 1.95. The maximum absolute atomic E-state index is 11.7. The van der Waals surface area contributed by atoms with Crippen molar-refractivity contribution in [3.63, 3.8) is 0 Å². The molecule has 0 aliphatic heterocycles. The number of hydrogen-bond donors (Lipinski definition) is 3. The summed E-state index contributed by atoms with van der Waals surface area (Å²) < 4.78 is 0.